The van der Waals surface area contributed by atoms with Crippen LogP contribution in [0.25, 0.3) is 0 Å². The average Bonchev–Trinajstić information content (AvgIpc) is 3.14. The van der Waals surface area contributed by atoms with Gasteiger partial charge in [0.2, 0.25) is 0 Å². The Labute approximate surface area is 142 Å². The van der Waals surface area contributed by atoms with Gasteiger partial charge < -0.3 is 10.1 Å². The summed E-state index contributed by atoms with van der Waals surface area (Å²) in [6, 6.07) is 5.99. The molecule has 124 valence electrons. The zero-order valence-electron chi connectivity index (χ0n) is 13.9. The molecule has 3 heterocycles. The third-order valence-electron chi connectivity index (χ3n) is 4.87. The second kappa shape index (κ2) is 6.29. The van der Waals surface area contributed by atoms with Crippen molar-refractivity contribution < 1.29 is 4.74 Å². The van der Waals surface area contributed by atoms with Gasteiger partial charge in [0.05, 0.1) is 12.3 Å². The number of terminal acetylenes is 1. The summed E-state index contributed by atoms with van der Waals surface area (Å²) in [6.07, 6.45) is 11.1. The lowest BCUT2D eigenvalue weighted by atomic mass is 10.00. The number of pyridine rings is 1. The lowest BCUT2D eigenvalue weighted by Crippen LogP contribution is -2.11. The van der Waals surface area contributed by atoms with E-state index in [-0.39, 0.29) is 6.04 Å². The Kier molecular flexibility index (Phi) is 3.99. The van der Waals surface area contributed by atoms with Gasteiger partial charge in [-0.25, -0.2) is 4.98 Å². The standard InChI is InChI=1S/C19H22N4O/c1-3-16(17-11-18(13-4-5-13)23(2)22-17)21-19-10-14(6-8-20-19)15-7-9-24-12-15/h1,6,8,10-11,13,15-16H,4-5,7,9,12H2,2H3,(H,20,21)/t15-,16-/m0/s1. The number of nitrogens with zero attached hydrogens (tertiary/aromatic N) is 3. The van der Waals surface area contributed by atoms with Crippen molar-refractivity contribution in [1.29, 1.82) is 0 Å². The second-order valence-corrected chi connectivity index (χ2v) is 6.67. The molecule has 2 aliphatic rings. The summed E-state index contributed by atoms with van der Waals surface area (Å²) in [6.45, 7) is 1.62. The van der Waals surface area contributed by atoms with Crippen molar-refractivity contribution in [2.75, 3.05) is 18.5 Å². The summed E-state index contributed by atoms with van der Waals surface area (Å²) in [5.74, 6) is 4.70. The molecule has 1 saturated heterocycles. The number of aryl methyl sites for hydroxylation is 1. The van der Waals surface area contributed by atoms with E-state index in [1.165, 1.54) is 24.1 Å². The highest BCUT2D eigenvalue weighted by molar-refractivity contribution is 5.44. The normalized spacial score (nSPS) is 21.4. The molecule has 1 N–H and O–H groups in total. The Morgan fingerprint density at radius 3 is 2.92 bits per heavy atom. The number of anilines is 1. The summed E-state index contributed by atoms with van der Waals surface area (Å²) in [5.41, 5.74) is 3.41. The molecule has 5 nitrogen and oxygen atoms in total. The van der Waals surface area contributed by atoms with E-state index in [1.54, 1.807) is 0 Å². The molecule has 5 heteroatoms. The molecule has 0 spiro atoms. The van der Waals surface area contributed by atoms with Gasteiger partial charge in [0.15, 0.2) is 0 Å². The monoisotopic (exact) mass is 322 g/mol. The first-order valence-corrected chi connectivity index (χ1v) is 8.55. The Balaban J connectivity index is 1.53. The highest BCUT2D eigenvalue weighted by atomic mass is 16.5. The Hall–Kier alpha value is -2.32. The predicted molar refractivity (Wildman–Crippen MR) is 92.8 cm³/mol. The van der Waals surface area contributed by atoms with Gasteiger partial charge in [-0.05, 0) is 43.0 Å². The third-order valence-corrected chi connectivity index (χ3v) is 4.87. The molecule has 0 amide bonds. The molecule has 1 aliphatic carbocycles. The molecule has 0 unspecified atom stereocenters. The molecule has 1 aliphatic heterocycles. The quantitative estimate of drug-likeness (QED) is 0.860. The first-order valence-electron chi connectivity index (χ1n) is 8.55. The van der Waals surface area contributed by atoms with Crippen LogP contribution in [0, 0.1) is 12.3 Å². The molecular weight excluding hydrogens is 300 g/mol. The van der Waals surface area contributed by atoms with Crippen molar-refractivity contribution in [3.05, 3.63) is 41.3 Å². The van der Waals surface area contributed by atoms with Gasteiger partial charge >= 0.3 is 0 Å². The van der Waals surface area contributed by atoms with E-state index >= 15 is 0 Å². The van der Waals surface area contributed by atoms with E-state index in [1.807, 2.05) is 17.9 Å². The summed E-state index contributed by atoms with van der Waals surface area (Å²) in [4.78, 5) is 4.42. The van der Waals surface area contributed by atoms with Gasteiger partial charge in [0.25, 0.3) is 0 Å². The van der Waals surface area contributed by atoms with Crippen LogP contribution in [0.1, 0.15) is 54.1 Å². The van der Waals surface area contributed by atoms with Crippen molar-refractivity contribution in [1.82, 2.24) is 14.8 Å². The zero-order valence-corrected chi connectivity index (χ0v) is 13.9. The molecule has 2 atom stereocenters. The second-order valence-electron chi connectivity index (χ2n) is 6.67. The van der Waals surface area contributed by atoms with Crippen LogP contribution in [0.15, 0.2) is 24.4 Å². The van der Waals surface area contributed by atoms with Crippen molar-refractivity contribution in [2.24, 2.45) is 7.05 Å². The maximum Gasteiger partial charge on any atom is 0.133 e. The Morgan fingerprint density at radius 2 is 2.21 bits per heavy atom. The smallest absolute Gasteiger partial charge is 0.133 e. The van der Waals surface area contributed by atoms with Crippen molar-refractivity contribution in [3.8, 4) is 12.3 Å². The van der Waals surface area contributed by atoms with Crippen LogP contribution in [-0.4, -0.2) is 28.0 Å². The fraction of sp³-hybridized carbons (Fsp3) is 0.474. The van der Waals surface area contributed by atoms with E-state index < -0.39 is 0 Å². The SMILES string of the molecule is C#C[C@H](Nc1cc([C@H]2CCOC2)ccn1)c1cc(C2CC2)n(C)n1. The number of nitrogens with one attached hydrogen (secondary N) is 1. The minimum Gasteiger partial charge on any atom is -0.381 e. The molecule has 2 aromatic rings. The maximum atomic E-state index is 5.75. The lowest BCUT2D eigenvalue weighted by molar-refractivity contribution is 0.194. The molecule has 1 saturated carbocycles. The summed E-state index contributed by atoms with van der Waals surface area (Å²) < 4.78 is 7.44. The van der Waals surface area contributed by atoms with E-state index in [0.717, 1.165) is 31.1 Å². The number of hydrogen-bond acceptors (Lipinski definition) is 4. The summed E-state index contributed by atoms with van der Waals surface area (Å²) in [5, 5.41) is 7.95. The minimum atomic E-state index is -0.272. The molecule has 2 fully saturated rings. The van der Waals surface area contributed by atoms with Crippen LogP contribution >= 0.6 is 0 Å². The van der Waals surface area contributed by atoms with Crippen LogP contribution in [0.3, 0.4) is 0 Å². The highest BCUT2D eigenvalue weighted by Gasteiger charge is 2.28. The topological polar surface area (TPSA) is 52.0 Å². The first kappa shape index (κ1) is 15.2. The number of hydrogen-bond donors (Lipinski definition) is 1. The molecule has 0 radical (unpaired) electrons. The Morgan fingerprint density at radius 1 is 1.33 bits per heavy atom. The maximum absolute atomic E-state index is 5.75. The van der Waals surface area contributed by atoms with Crippen molar-refractivity contribution in [3.63, 3.8) is 0 Å². The fourth-order valence-electron chi connectivity index (χ4n) is 3.33. The van der Waals surface area contributed by atoms with Gasteiger partial charge in [-0.1, -0.05) is 5.92 Å². The molecule has 0 aromatic carbocycles. The number of aromatic nitrogens is 3. The minimum absolute atomic E-state index is 0.272. The van der Waals surface area contributed by atoms with Gasteiger partial charge in [0.1, 0.15) is 11.9 Å². The molecule has 4 rings (SSSR count). The van der Waals surface area contributed by atoms with E-state index in [2.05, 4.69) is 39.5 Å². The van der Waals surface area contributed by atoms with Crippen LogP contribution in [-0.2, 0) is 11.8 Å². The van der Waals surface area contributed by atoms with Crippen molar-refractivity contribution >= 4 is 5.82 Å². The van der Waals surface area contributed by atoms with Gasteiger partial charge in [-0.2, -0.15) is 5.10 Å². The third kappa shape index (κ3) is 3.02. The van der Waals surface area contributed by atoms with Crippen LogP contribution in [0.5, 0.6) is 0 Å². The van der Waals surface area contributed by atoms with Crippen molar-refractivity contribution in [2.45, 2.75) is 37.1 Å². The average molecular weight is 322 g/mol. The molecule has 2 aromatic heterocycles. The summed E-state index contributed by atoms with van der Waals surface area (Å²) >= 11 is 0. The molecule has 24 heavy (non-hydrogen) atoms. The van der Waals surface area contributed by atoms with Gasteiger partial charge in [-0.3, -0.25) is 4.68 Å². The van der Waals surface area contributed by atoms with Gasteiger partial charge in [0, 0.05) is 37.4 Å². The van der Waals surface area contributed by atoms with Crippen LogP contribution in [0.4, 0.5) is 5.82 Å². The number of rotatable bonds is 5. The number of ether oxygens (including phenoxy) is 1. The lowest BCUT2D eigenvalue weighted by Gasteiger charge is -2.14. The van der Waals surface area contributed by atoms with Crippen LogP contribution in [0.2, 0.25) is 0 Å². The molecular formula is C19H22N4O. The van der Waals surface area contributed by atoms with Gasteiger partial charge in [-0.15, -0.1) is 6.42 Å². The Bertz CT molecular complexity index is 766. The summed E-state index contributed by atoms with van der Waals surface area (Å²) in [7, 11) is 1.99. The zero-order chi connectivity index (χ0) is 16.5. The highest BCUT2D eigenvalue weighted by Crippen LogP contribution is 2.40. The first-order chi connectivity index (χ1) is 11.7. The predicted octanol–water partition coefficient (Wildman–Crippen LogP) is 2.98. The largest absolute Gasteiger partial charge is 0.381 e. The molecule has 0 bridgehead atoms. The van der Waals surface area contributed by atoms with E-state index in [9.17, 15) is 0 Å². The van der Waals surface area contributed by atoms with Crippen LogP contribution < -0.4 is 5.32 Å². The van der Waals surface area contributed by atoms with E-state index in [0.29, 0.717) is 11.8 Å². The van der Waals surface area contributed by atoms with E-state index in [4.69, 9.17) is 11.2 Å². The fourth-order valence-corrected chi connectivity index (χ4v) is 3.33.